The van der Waals surface area contributed by atoms with Gasteiger partial charge in [-0.1, -0.05) is 18.2 Å². The minimum atomic E-state index is -5.70. The number of rotatable bonds is 3. The number of benzene rings is 1. The van der Waals surface area contributed by atoms with Crippen molar-refractivity contribution in [2.45, 2.75) is 10.5 Å². The van der Waals surface area contributed by atoms with Crippen LogP contribution in [-0.2, 0) is 9.84 Å². The number of pyridine rings is 2. The third-order valence-corrected chi connectivity index (χ3v) is 4.84. The summed E-state index contributed by atoms with van der Waals surface area (Å²) < 4.78 is 62.2. The Morgan fingerprint density at radius 2 is 1.81 bits per heavy atom. The van der Waals surface area contributed by atoms with E-state index < -0.39 is 25.3 Å². The minimum absolute atomic E-state index is 0.0714. The van der Waals surface area contributed by atoms with E-state index in [0.717, 1.165) is 12.1 Å². The van der Waals surface area contributed by atoms with Crippen molar-refractivity contribution in [3.63, 3.8) is 0 Å². The van der Waals surface area contributed by atoms with Crippen molar-refractivity contribution in [2.75, 3.05) is 0 Å². The van der Waals surface area contributed by atoms with Crippen LogP contribution in [0.15, 0.2) is 53.7 Å². The zero-order valence-corrected chi connectivity index (χ0v) is 13.5. The number of hydrogen-bond donors (Lipinski definition) is 0. The summed E-state index contributed by atoms with van der Waals surface area (Å²) in [7, 11) is -5.70. The molecule has 0 atom stereocenters. The molecule has 0 saturated heterocycles. The average molecular weight is 383 g/mol. The normalized spacial score (nSPS) is 12.3. The lowest BCUT2D eigenvalue weighted by Crippen LogP contribution is -2.24. The number of non-ortho nitro benzene ring substituents is 1. The Morgan fingerprint density at radius 1 is 1.08 bits per heavy atom. The van der Waals surface area contributed by atoms with E-state index in [1.165, 1.54) is 36.5 Å². The van der Waals surface area contributed by atoms with Crippen LogP contribution >= 0.6 is 0 Å². The predicted molar refractivity (Wildman–Crippen MR) is 84.9 cm³/mol. The second-order valence-corrected chi connectivity index (χ2v) is 7.03. The highest BCUT2D eigenvalue weighted by molar-refractivity contribution is 7.92. The lowest BCUT2D eigenvalue weighted by molar-refractivity contribution is -0.384. The van der Waals surface area contributed by atoms with E-state index >= 15 is 0 Å². The van der Waals surface area contributed by atoms with Crippen molar-refractivity contribution in [1.82, 2.24) is 9.97 Å². The van der Waals surface area contributed by atoms with Crippen molar-refractivity contribution < 1.29 is 26.5 Å². The van der Waals surface area contributed by atoms with E-state index in [2.05, 4.69) is 9.97 Å². The topological polar surface area (TPSA) is 103 Å². The first kappa shape index (κ1) is 17.7. The smallest absolute Gasteiger partial charge is 0.258 e. The maximum Gasteiger partial charge on any atom is 0.503 e. The van der Waals surface area contributed by atoms with Gasteiger partial charge in [0.15, 0.2) is 5.03 Å². The van der Waals surface area contributed by atoms with Crippen LogP contribution in [-0.4, -0.2) is 28.8 Å². The summed E-state index contributed by atoms with van der Waals surface area (Å²) in [6, 6.07) is 8.52. The number of nitro groups is 1. The molecule has 2 aromatic heterocycles. The first-order valence-corrected chi connectivity index (χ1v) is 8.41. The summed E-state index contributed by atoms with van der Waals surface area (Å²) in [5, 5.41) is 9.83. The minimum Gasteiger partial charge on any atom is -0.258 e. The van der Waals surface area contributed by atoms with Gasteiger partial charge in [0.25, 0.3) is 15.5 Å². The molecule has 1 aromatic carbocycles. The highest BCUT2D eigenvalue weighted by Gasteiger charge is 2.48. The lowest BCUT2D eigenvalue weighted by atomic mass is 10.1. The first-order valence-electron chi connectivity index (χ1n) is 6.93. The number of alkyl halides is 3. The average Bonchev–Trinajstić information content (AvgIpc) is 2.59. The fourth-order valence-corrected chi connectivity index (χ4v) is 3.02. The van der Waals surface area contributed by atoms with Gasteiger partial charge in [-0.15, -0.1) is 0 Å². The summed E-state index contributed by atoms with van der Waals surface area (Å²) in [6.07, 6.45) is 1.35. The zero-order chi connectivity index (χ0) is 19.1. The van der Waals surface area contributed by atoms with Crippen molar-refractivity contribution >= 4 is 26.4 Å². The quantitative estimate of drug-likeness (QED) is 0.507. The molecule has 0 saturated carbocycles. The highest BCUT2D eigenvalue weighted by atomic mass is 32.2. The molecule has 3 aromatic rings. The number of halogens is 3. The first-order chi connectivity index (χ1) is 12.1. The molecule has 3 rings (SSSR count). The molecule has 7 nitrogen and oxygen atoms in total. The third-order valence-electron chi connectivity index (χ3n) is 3.47. The largest absolute Gasteiger partial charge is 0.503 e. The molecule has 0 fully saturated rings. The molecule has 2 heterocycles. The van der Waals surface area contributed by atoms with Crippen molar-refractivity contribution in [1.29, 1.82) is 0 Å². The van der Waals surface area contributed by atoms with Crippen LogP contribution in [0.5, 0.6) is 0 Å². The van der Waals surface area contributed by atoms with E-state index in [9.17, 15) is 31.7 Å². The number of hydrogen-bond acceptors (Lipinski definition) is 6. The number of nitrogens with zero attached hydrogens (tertiary/aromatic N) is 3. The molecular formula is C15H8F3N3O4S. The predicted octanol–water partition coefficient (Wildman–Crippen LogP) is 3.50. The van der Waals surface area contributed by atoms with Gasteiger partial charge in [-0.2, -0.15) is 13.2 Å². The van der Waals surface area contributed by atoms with E-state index in [0.29, 0.717) is 0 Å². The van der Waals surface area contributed by atoms with Crippen LogP contribution in [0.4, 0.5) is 18.9 Å². The summed E-state index contributed by atoms with van der Waals surface area (Å²) in [5.74, 6) is 0. The van der Waals surface area contributed by atoms with Crippen molar-refractivity contribution in [3.05, 3.63) is 58.8 Å². The second kappa shape index (κ2) is 6.02. The van der Waals surface area contributed by atoms with Gasteiger partial charge in [-0.25, -0.2) is 13.4 Å². The van der Waals surface area contributed by atoms with Crippen LogP contribution in [0.3, 0.4) is 0 Å². The van der Waals surface area contributed by atoms with Crippen LogP contribution in [0.25, 0.3) is 22.2 Å². The molecule has 11 heteroatoms. The van der Waals surface area contributed by atoms with Crippen LogP contribution in [0.1, 0.15) is 0 Å². The summed E-state index contributed by atoms with van der Waals surface area (Å²) in [6.45, 7) is 0. The van der Waals surface area contributed by atoms with E-state index in [4.69, 9.17) is 0 Å². The summed E-state index contributed by atoms with van der Waals surface area (Å²) in [5.41, 5.74) is -5.86. The van der Waals surface area contributed by atoms with Crippen LogP contribution in [0, 0.1) is 10.1 Å². The molecule has 0 unspecified atom stereocenters. The van der Waals surface area contributed by atoms with E-state index in [1.54, 1.807) is 0 Å². The maximum absolute atomic E-state index is 12.9. The fourth-order valence-electron chi connectivity index (χ4n) is 2.28. The van der Waals surface area contributed by atoms with Gasteiger partial charge in [-0.05, 0) is 12.1 Å². The molecule has 0 bridgehead atoms. The van der Waals surface area contributed by atoms with Gasteiger partial charge in [0.1, 0.15) is 0 Å². The van der Waals surface area contributed by atoms with Gasteiger partial charge in [-0.3, -0.25) is 15.1 Å². The SMILES string of the molecule is O=[N+]([O-])c1cccc(-c2nc(S(=O)(=O)C(F)(F)F)cc3cccnc23)c1. The molecule has 0 N–H and O–H groups in total. The number of fused-ring (bicyclic) bond motifs is 1. The van der Waals surface area contributed by atoms with Gasteiger partial charge < -0.3 is 0 Å². The van der Waals surface area contributed by atoms with E-state index in [-0.39, 0.29) is 27.8 Å². The number of sulfone groups is 1. The highest BCUT2D eigenvalue weighted by Crippen LogP contribution is 2.34. The Balaban J connectivity index is 2.35. The molecule has 0 aliphatic heterocycles. The summed E-state index contributed by atoms with van der Waals surface area (Å²) >= 11 is 0. The third kappa shape index (κ3) is 2.96. The Kier molecular flexibility index (Phi) is 4.11. The molecule has 134 valence electrons. The molecule has 0 amide bonds. The van der Waals surface area contributed by atoms with Gasteiger partial charge in [0, 0.05) is 29.3 Å². The molecular weight excluding hydrogens is 375 g/mol. The van der Waals surface area contributed by atoms with Crippen LogP contribution in [0.2, 0.25) is 0 Å². The Hall–Kier alpha value is -3.08. The van der Waals surface area contributed by atoms with Crippen molar-refractivity contribution in [3.8, 4) is 11.3 Å². The van der Waals surface area contributed by atoms with Crippen LogP contribution < -0.4 is 0 Å². The van der Waals surface area contributed by atoms with Gasteiger partial charge in [0.05, 0.1) is 16.1 Å². The molecule has 0 aliphatic carbocycles. The number of nitro benzene ring substituents is 1. The lowest BCUT2D eigenvalue weighted by Gasteiger charge is -2.11. The molecule has 0 spiro atoms. The standard InChI is InChI=1S/C15H8F3N3O4S/c16-15(17,18)26(24,25)12-8-10-4-2-6-19-13(10)14(20-12)9-3-1-5-11(7-9)21(22)23/h1-8H. The maximum atomic E-state index is 12.9. The van der Waals surface area contributed by atoms with Crippen molar-refractivity contribution in [2.24, 2.45) is 0 Å². The van der Waals surface area contributed by atoms with Gasteiger partial charge >= 0.3 is 5.51 Å². The van der Waals surface area contributed by atoms with Gasteiger partial charge in [0.2, 0.25) is 0 Å². The number of aromatic nitrogens is 2. The molecule has 26 heavy (non-hydrogen) atoms. The Morgan fingerprint density at radius 3 is 2.46 bits per heavy atom. The fraction of sp³-hybridized carbons (Fsp3) is 0.0667. The second-order valence-electron chi connectivity index (χ2n) is 5.14. The summed E-state index contributed by atoms with van der Waals surface area (Å²) in [4.78, 5) is 17.9. The Labute approximate surface area is 144 Å². The zero-order valence-electron chi connectivity index (χ0n) is 12.6. The molecule has 0 aliphatic rings. The van der Waals surface area contributed by atoms with E-state index in [1.807, 2.05) is 0 Å². The monoisotopic (exact) mass is 383 g/mol. The Bertz CT molecular complexity index is 1130. The molecule has 0 radical (unpaired) electrons.